The summed E-state index contributed by atoms with van der Waals surface area (Å²) in [7, 11) is 0. The maximum absolute atomic E-state index is 11.6. The summed E-state index contributed by atoms with van der Waals surface area (Å²) in [6, 6.07) is 0. The Morgan fingerprint density at radius 1 is 0.821 bits per heavy atom. The first-order valence-electron chi connectivity index (χ1n) is 8.77. The van der Waals surface area contributed by atoms with Crippen molar-refractivity contribution in [1.29, 1.82) is 0 Å². The van der Waals surface area contributed by atoms with Crippen LogP contribution < -0.4 is 5.73 Å². The molecule has 0 aromatic heterocycles. The predicted octanol–water partition coefficient (Wildman–Crippen LogP) is -0.565. The van der Waals surface area contributed by atoms with Crippen molar-refractivity contribution in [1.82, 2.24) is 0 Å². The summed E-state index contributed by atoms with van der Waals surface area (Å²) in [6.45, 7) is 4.89. The van der Waals surface area contributed by atoms with Crippen LogP contribution in [0.4, 0.5) is 0 Å². The molecule has 11 nitrogen and oxygen atoms in total. The van der Waals surface area contributed by atoms with Crippen molar-refractivity contribution in [2.75, 3.05) is 19.8 Å². The van der Waals surface area contributed by atoms with E-state index in [1.165, 1.54) is 6.92 Å². The first-order valence-corrected chi connectivity index (χ1v) is 8.77. The van der Waals surface area contributed by atoms with Crippen molar-refractivity contribution in [3.8, 4) is 0 Å². The average molecular weight is 405 g/mol. The molecule has 11 heteroatoms. The molecule has 1 saturated heterocycles. The van der Waals surface area contributed by atoms with E-state index in [1.807, 2.05) is 0 Å². The molecule has 160 valence electrons. The van der Waals surface area contributed by atoms with Crippen LogP contribution in [0.2, 0.25) is 0 Å². The normalized spacial score (nSPS) is 26.8. The van der Waals surface area contributed by atoms with Crippen LogP contribution >= 0.6 is 0 Å². The minimum Gasteiger partial charge on any atom is -0.463 e. The Balaban J connectivity index is 3.21. The van der Waals surface area contributed by atoms with Crippen molar-refractivity contribution in [2.45, 2.75) is 64.8 Å². The smallest absolute Gasteiger partial charge is 0.303 e. The lowest BCUT2D eigenvalue weighted by Gasteiger charge is -2.44. The highest BCUT2D eigenvalue weighted by Crippen LogP contribution is 2.30. The number of nitrogens with two attached hydrogens (primary N) is 1. The van der Waals surface area contributed by atoms with Crippen molar-refractivity contribution < 1.29 is 47.6 Å². The lowest BCUT2D eigenvalue weighted by atomic mass is 9.98. The van der Waals surface area contributed by atoms with Crippen LogP contribution in [0.3, 0.4) is 0 Å². The predicted molar refractivity (Wildman–Crippen MR) is 91.6 cm³/mol. The summed E-state index contributed by atoms with van der Waals surface area (Å²) in [5, 5.41) is 0. The molecule has 28 heavy (non-hydrogen) atoms. The molecule has 0 aromatic carbocycles. The van der Waals surface area contributed by atoms with Crippen LogP contribution in [0.15, 0.2) is 0 Å². The molecule has 0 radical (unpaired) electrons. The van der Waals surface area contributed by atoms with Gasteiger partial charge in [-0.3, -0.25) is 19.2 Å². The van der Waals surface area contributed by atoms with Crippen LogP contribution in [0, 0.1) is 0 Å². The van der Waals surface area contributed by atoms with Crippen LogP contribution in [0.1, 0.15) is 34.1 Å². The second-order valence-electron chi connectivity index (χ2n) is 6.08. The number of hydrogen-bond acceptors (Lipinski definition) is 11. The fourth-order valence-corrected chi connectivity index (χ4v) is 2.61. The Hall–Kier alpha value is -2.24. The zero-order valence-corrected chi connectivity index (χ0v) is 16.4. The number of esters is 4. The van der Waals surface area contributed by atoms with Gasteiger partial charge < -0.3 is 34.2 Å². The SMILES string of the molecule is CC(=O)OCC1O[C@@H](OCCCN)[C@@H](OC(C)=O)C(OC(C)=O)[C@H]1OC(C)=O. The summed E-state index contributed by atoms with van der Waals surface area (Å²) in [6.07, 6.45) is -5.33. The molecule has 2 unspecified atom stereocenters. The van der Waals surface area contributed by atoms with Crippen LogP contribution in [0.5, 0.6) is 0 Å². The number of ether oxygens (including phenoxy) is 6. The van der Waals surface area contributed by atoms with Gasteiger partial charge in [-0.05, 0) is 13.0 Å². The van der Waals surface area contributed by atoms with Gasteiger partial charge in [0.1, 0.15) is 12.7 Å². The Morgan fingerprint density at radius 2 is 1.36 bits per heavy atom. The minimum absolute atomic E-state index is 0.171. The van der Waals surface area contributed by atoms with Gasteiger partial charge in [-0.1, -0.05) is 0 Å². The number of rotatable bonds is 9. The lowest BCUT2D eigenvalue weighted by Crippen LogP contribution is -2.63. The summed E-state index contributed by atoms with van der Waals surface area (Å²) >= 11 is 0. The molecule has 0 amide bonds. The average Bonchev–Trinajstić information content (AvgIpc) is 2.57. The molecule has 1 aliphatic heterocycles. The molecule has 1 aliphatic rings. The van der Waals surface area contributed by atoms with E-state index in [0.717, 1.165) is 20.8 Å². The topological polar surface area (TPSA) is 150 Å². The highest BCUT2D eigenvalue weighted by molar-refractivity contribution is 5.68. The van der Waals surface area contributed by atoms with Crippen molar-refractivity contribution >= 4 is 23.9 Å². The van der Waals surface area contributed by atoms with Crippen molar-refractivity contribution in [2.24, 2.45) is 5.73 Å². The lowest BCUT2D eigenvalue weighted by molar-refractivity contribution is -0.308. The van der Waals surface area contributed by atoms with Gasteiger partial charge in [-0.15, -0.1) is 0 Å². The second-order valence-corrected chi connectivity index (χ2v) is 6.08. The second kappa shape index (κ2) is 11.6. The molecule has 0 aromatic rings. The Bertz CT molecular complexity index is 566. The van der Waals surface area contributed by atoms with Gasteiger partial charge in [0.05, 0.1) is 6.61 Å². The molecule has 0 bridgehead atoms. The van der Waals surface area contributed by atoms with Gasteiger partial charge in [0.2, 0.25) is 0 Å². The monoisotopic (exact) mass is 405 g/mol. The van der Waals surface area contributed by atoms with E-state index in [0.29, 0.717) is 13.0 Å². The van der Waals surface area contributed by atoms with Gasteiger partial charge in [0.15, 0.2) is 24.6 Å². The molecular formula is C17H27NO10. The maximum Gasteiger partial charge on any atom is 0.303 e. The van der Waals surface area contributed by atoms with E-state index < -0.39 is 54.6 Å². The number of carbonyl (C=O) groups is 4. The molecule has 0 aliphatic carbocycles. The van der Waals surface area contributed by atoms with E-state index in [4.69, 9.17) is 34.2 Å². The molecule has 1 rings (SSSR count). The van der Waals surface area contributed by atoms with Crippen molar-refractivity contribution in [3.63, 3.8) is 0 Å². The Morgan fingerprint density at radius 3 is 1.86 bits per heavy atom. The third-order valence-corrected chi connectivity index (χ3v) is 3.58. The maximum atomic E-state index is 11.6. The summed E-state index contributed by atoms with van der Waals surface area (Å²) in [4.78, 5) is 46.0. The fourth-order valence-electron chi connectivity index (χ4n) is 2.61. The zero-order chi connectivity index (χ0) is 21.3. The van der Waals surface area contributed by atoms with Gasteiger partial charge in [-0.25, -0.2) is 0 Å². The minimum atomic E-state index is -1.23. The van der Waals surface area contributed by atoms with E-state index in [-0.39, 0.29) is 13.2 Å². The van der Waals surface area contributed by atoms with Crippen LogP contribution in [-0.4, -0.2) is 74.3 Å². The Kier molecular flexibility index (Phi) is 9.83. The first-order chi connectivity index (χ1) is 13.1. The molecular weight excluding hydrogens is 378 g/mol. The van der Waals surface area contributed by atoms with Gasteiger partial charge >= 0.3 is 23.9 Å². The molecule has 5 atom stereocenters. The number of carbonyl (C=O) groups excluding carboxylic acids is 4. The van der Waals surface area contributed by atoms with Crippen LogP contribution in [0.25, 0.3) is 0 Å². The summed E-state index contributed by atoms with van der Waals surface area (Å²) in [5.74, 6) is -2.66. The quantitative estimate of drug-likeness (QED) is 0.298. The first kappa shape index (κ1) is 23.8. The molecule has 1 heterocycles. The summed E-state index contributed by atoms with van der Waals surface area (Å²) in [5.41, 5.74) is 5.45. The van der Waals surface area contributed by atoms with E-state index in [9.17, 15) is 19.2 Å². The van der Waals surface area contributed by atoms with Gasteiger partial charge in [0.25, 0.3) is 0 Å². The third kappa shape index (κ3) is 7.79. The van der Waals surface area contributed by atoms with Crippen LogP contribution in [-0.2, 0) is 47.6 Å². The number of hydrogen-bond donors (Lipinski definition) is 1. The molecule has 1 fully saturated rings. The largest absolute Gasteiger partial charge is 0.463 e. The zero-order valence-electron chi connectivity index (χ0n) is 16.4. The van der Waals surface area contributed by atoms with E-state index in [1.54, 1.807) is 0 Å². The highest BCUT2D eigenvalue weighted by Gasteiger charge is 2.52. The highest BCUT2D eigenvalue weighted by atomic mass is 16.7. The standard InChI is InChI=1S/C17H27NO10/c1-9(19)24-8-13-14(25-10(2)20)15(26-11(3)21)16(27-12(4)22)17(28-13)23-7-5-6-18/h13-17H,5-8,18H2,1-4H3/t13?,14-,15?,16-,17+/m0/s1. The van der Waals surface area contributed by atoms with E-state index in [2.05, 4.69) is 0 Å². The van der Waals surface area contributed by atoms with E-state index >= 15 is 0 Å². The molecule has 0 saturated carbocycles. The van der Waals surface area contributed by atoms with Gasteiger partial charge in [-0.2, -0.15) is 0 Å². The third-order valence-electron chi connectivity index (χ3n) is 3.58. The van der Waals surface area contributed by atoms with Crippen molar-refractivity contribution in [3.05, 3.63) is 0 Å². The van der Waals surface area contributed by atoms with Gasteiger partial charge in [0, 0.05) is 27.7 Å². The Labute approximate surface area is 162 Å². The molecule has 0 spiro atoms. The molecule has 2 N–H and O–H groups in total. The summed E-state index contributed by atoms with van der Waals surface area (Å²) < 4.78 is 32.0. The fraction of sp³-hybridized carbons (Fsp3) is 0.765.